The topological polar surface area (TPSA) is 43.5 Å². The third kappa shape index (κ3) is 6.99. The normalized spacial score (nSPS) is 20.7. The average Bonchev–Trinajstić information content (AvgIpc) is 3.82. The second-order valence-corrected chi connectivity index (χ2v) is 9.88. The van der Waals surface area contributed by atoms with Crippen LogP contribution in [0, 0.1) is 0 Å². The summed E-state index contributed by atoms with van der Waals surface area (Å²) < 4.78 is 22.8. The molecule has 35 heavy (non-hydrogen) atoms. The summed E-state index contributed by atoms with van der Waals surface area (Å²) in [4.78, 5) is 0. The van der Waals surface area contributed by atoms with E-state index in [0.29, 0.717) is 13.2 Å². The second kappa shape index (κ2) is 11.9. The van der Waals surface area contributed by atoms with Gasteiger partial charge in [0.15, 0.2) is 0 Å². The van der Waals surface area contributed by atoms with Gasteiger partial charge in [-0.15, -0.1) is 0 Å². The van der Waals surface area contributed by atoms with Gasteiger partial charge in [-0.1, -0.05) is 75.1 Å². The van der Waals surface area contributed by atoms with Crippen LogP contribution in [0.5, 0.6) is 11.5 Å². The van der Waals surface area contributed by atoms with Gasteiger partial charge in [-0.05, 0) is 60.1 Å². The van der Waals surface area contributed by atoms with Gasteiger partial charge in [-0.25, -0.2) is 0 Å². The Labute approximate surface area is 209 Å². The van der Waals surface area contributed by atoms with Crippen LogP contribution in [0.3, 0.4) is 0 Å². The summed E-state index contributed by atoms with van der Waals surface area (Å²) in [5.74, 6) is 1.98. The van der Waals surface area contributed by atoms with Gasteiger partial charge >= 0.3 is 0 Å². The molecule has 3 aliphatic rings. The van der Waals surface area contributed by atoms with E-state index >= 15 is 0 Å². The molecule has 2 aromatic rings. The summed E-state index contributed by atoms with van der Waals surface area (Å²) in [6.07, 6.45) is 14.7. The number of ether oxygens (including phenoxy) is 4. The van der Waals surface area contributed by atoms with E-state index in [-0.39, 0.29) is 12.2 Å². The van der Waals surface area contributed by atoms with Gasteiger partial charge in [0.25, 0.3) is 0 Å². The number of hydrogen-bond acceptors (Lipinski definition) is 4. The lowest BCUT2D eigenvalue weighted by atomic mass is 9.89. The molecule has 4 nitrogen and oxygen atoms in total. The maximum absolute atomic E-state index is 6.38. The van der Waals surface area contributed by atoms with Crippen molar-refractivity contribution in [3.05, 3.63) is 71.3 Å². The summed E-state index contributed by atoms with van der Waals surface area (Å²) in [6.45, 7) is 5.20. The van der Waals surface area contributed by atoms with Gasteiger partial charge in [0.2, 0.25) is 0 Å². The molecule has 2 heterocycles. The number of epoxide rings is 2. The minimum Gasteiger partial charge on any atom is -0.491 e. The van der Waals surface area contributed by atoms with Crippen molar-refractivity contribution in [2.45, 2.75) is 70.5 Å². The van der Waals surface area contributed by atoms with Crippen LogP contribution in [0.15, 0.2) is 54.6 Å². The van der Waals surface area contributed by atoms with Crippen molar-refractivity contribution in [2.75, 3.05) is 26.4 Å². The first-order chi connectivity index (χ1) is 17.3. The Hall–Kier alpha value is -2.56. The molecule has 2 aliphatic heterocycles. The monoisotopic (exact) mass is 474 g/mol. The molecule has 186 valence electrons. The SMILES string of the molecule is CCCCCCCc1cccc(C2=CCC(c3ccc(OCC4CO4)cc3)=CC2)c1OCC1CO1. The molecule has 2 aromatic carbocycles. The fraction of sp³-hybridized carbons (Fsp3) is 0.484. The standard InChI is InChI=1S/C31H38O4/c1-2-3-4-5-6-8-26-9-7-10-30(31(26)35-22-29-21-34-29)25-13-11-23(12-14-25)24-15-17-27(18-16-24)32-19-28-20-33-28/h7,9-11,14-18,28-29H,2-6,8,12-13,19-22H2,1H3. The number of rotatable bonds is 14. The zero-order valence-corrected chi connectivity index (χ0v) is 21.0. The fourth-order valence-electron chi connectivity index (χ4n) is 4.67. The smallest absolute Gasteiger partial charge is 0.130 e. The van der Waals surface area contributed by atoms with E-state index in [1.165, 1.54) is 59.9 Å². The van der Waals surface area contributed by atoms with Crippen molar-refractivity contribution >= 4 is 11.1 Å². The van der Waals surface area contributed by atoms with Crippen LogP contribution in [0.4, 0.5) is 0 Å². The van der Waals surface area contributed by atoms with Crippen molar-refractivity contribution in [3.63, 3.8) is 0 Å². The van der Waals surface area contributed by atoms with E-state index in [1.54, 1.807) is 0 Å². The Morgan fingerprint density at radius 2 is 1.46 bits per heavy atom. The number of aryl methyl sites for hydroxylation is 1. The minimum atomic E-state index is 0.260. The molecule has 0 aromatic heterocycles. The first-order valence-electron chi connectivity index (χ1n) is 13.4. The third-order valence-corrected chi connectivity index (χ3v) is 7.01. The summed E-state index contributed by atoms with van der Waals surface area (Å²) in [7, 11) is 0. The third-order valence-electron chi connectivity index (χ3n) is 7.01. The van der Waals surface area contributed by atoms with E-state index in [1.807, 2.05) is 0 Å². The number of unbranched alkanes of at least 4 members (excludes halogenated alkanes) is 4. The van der Waals surface area contributed by atoms with Crippen LogP contribution in [0.2, 0.25) is 0 Å². The van der Waals surface area contributed by atoms with E-state index in [9.17, 15) is 0 Å². The van der Waals surface area contributed by atoms with Crippen molar-refractivity contribution in [3.8, 4) is 11.5 Å². The minimum absolute atomic E-state index is 0.260. The van der Waals surface area contributed by atoms with Crippen molar-refractivity contribution in [1.29, 1.82) is 0 Å². The van der Waals surface area contributed by atoms with E-state index in [4.69, 9.17) is 18.9 Å². The quantitative estimate of drug-likeness (QED) is 0.218. The maximum atomic E-state index is 6.38. The van der Waals surface area contributed by atoms with Crippen LogP contribution in [-0.2, 0) is 15.9 Å². The lowest BCUT2D eigenvalue weighted by Gasteiger charge is -2.20. The number of hydrogen-bond donors (Lipinski definition) is 0. The van der Waals surface area contributed by atoms with Gasteiger partial charge in [0.05, 0.1) is 13.2 Å². The molecular weight excluding hydrogens is 436 g/mol. The highest BCUT2D eigenvalue weighted by atomic mass is 16.6. The summed E-state index contributed by atoms with van der Waals surface area (Å²) in [6, 6.07) is 15.1. The van der Waals surface area contributed by atoms with Crippen LogP contribution in [0.1, 0.15) is 68.6 Å². The van der Waals surface area contributed by atoms with Crippen molar-refractivity contribution in [2.24, 2.45) is 0 Å². The Kier molecular flexibility index (Phi) is 8.22. The van der Waals surface area contributed by atoms with Crippen LogP contribution in [0.25, 0.3) is 11.1 Å². The van der Waals surface area contributed by atoms with Gasteiger partial charge < -0.3 is 18.9 Å². The predicted molar refractivity (Wildman–Crippen MR) is 141 cm³/mol. The molecule has 1 aliphatic carbocycles. The van der Waals surface area contributed by atoms with Gasteiger partial charge in [0, 0.05) is 5.56 Å². The Bertz CT molecular complexity index is 1030. The Morgan fingerprint density at radius 3 is 2.14 bits per heavy atom. The molecule has 0 radical (unpaired) electrons. The molecule has 5 rings (SSSR count). The Morgan fingerprint density at radius 1 is 0.771 bits per heavy atom. The number of benzene rings is 2. The molecule has 2 fully saturated rings. The summed E-state index contributed by atoms with van der Waals surface area (Å²) >= 11 is 0. The maximum Gasteiger partial charge on any atom is 0.130 e. The molecule has 0 spiro atoms. The highest BCUT2D eigenvalue weighted by Crippen LogP contribution is 2.38. The fourth-order valence-corrected chi connectivity index (χ4v) is 4.67. The lowest BCUT2D eigenvalue weighted by Crippen LogP contribution is -2.08. The number of para-hydroxylation sites is 1. The zero-order chi connectivity index (χ0) is 23.9. The summed E-state index contributed by atoms with van der Waals surface area (Å²) in [5, 5.41) is 0. The largest absolute Gasteiger partial charge is 0.491 e. The van der Waals surface area contributed by atoms with E-state index in [0.717, 1.165) is 44.0 Å². The second-order valence-electron chi connectivity index (χ2n) is 9.88. The molecule has 0 bridgehead atoms. The predicted octanol–water partition coefficient (Wildman–Crippen LogP) is 7.02. The van der Waals surface area contributed by atoms with Crippen molar-refractivity contribution in [1.82, 2.24) is 0 Å². The zero-order valence-electron chi connectivity index (χ0n) is 21.0. The molecule has 4 heteroatoms. The number of allylic oxidation sites excluding steroid dienone is 4. The highest BCUT2D eigenvalue weighted by Gasteiger charge is 2.25. The van der Waals surface area contributed by atoms with Gasteiger partial charge in [0.1, 0.15) is 36.9 Å². The van der Waals surface area contributed by atoms with Gasteiger partial charge in [-0.3, -0.25) is 0 Å². The van der Waals surface area contributed by atoms with Crippen LogP contribution < -0.4 is 9.47 Å². The summed E-state index contributed by atoms with van der Waals surface area (Å²) in [5.41, 5.74) is 6.57. The van der Waals surface area contributed by atoms with Crippen LogP contribution >= 0.6 is 0 Å². The average molecular weight is 475 g/mol. The van der Waals surface area contributed by atoms with E-state index < -0.39 is 0 Å². The molecule has 0 N–H and O–H groups in total. The highest BCUT2D eigenvalue weighted by molar-refractivity contribution is 5.80. The molecule has 0 amide bonds. The van der Waals surface area contributed by atoms with E-state index in [2.05, 4.69) is 61.5 Å². The first-order valence-corrected chi connectivity index (χ1v) is 13.4. The molecule has 0 saturated carbocycles. The molecular formula is C31H38O4. The first kappa shape index (κ1) is 24.1. The molecule has 2 atom stereocenters. The van der Waals surface area contributed by atoms with Gasteiger partial charge in [-0.2, -0.15) is 0 Å². The molecule has 2 unspecified atom stereocenters. The molecule has 2 saturated heterocycles. The van der Waals surface area contributed by atoms with Crippen LogP contribution in [-0.4, -0.2) is 38.6 Å². The Balaban J connectivity index is 1.24. The van der Waals surface area contributed by atoms with Crippen molar-refractivity contribution < 1.29 is 18.9 Å². The lowest BCUT2D eigenvalue weighted by molar-refractivity contribution is 0.260.